The van der Waals surface area contributed by atoms with Crippen LogP contribution >= 0.6 is 15.9 Å². The molecule has 0 spiro atoms. The van der Waals surface area contributed by atoms with Gasteiger partial charge in [-0.25, -0.2) is 0 Å². The second kappa shape index (κ2) is 8.46. The number of benzene rings is 1. The number of amides is 1. The maximum atomic E-state index is 11.9. The number of carbonyl (C=O) groups excluding carboxylic acids is 1. The van der Waals surface area contributed by atoms with Crippen LogP contribution in [0.25, 0.3) is 0 Å². The molecular weight excluding hydrogens is 314 g/mol. The van der Waals surface area contributed by atoms with Gasteiger partial charge in [0, 0.05) is 17.4 Å². The van der Waals surface area contributed by atoms with E-state index in [1.807, 2.05) is 12.1 Å². The molecule has 0 aromatic heterocycles. The van der Waals surface area contributed by atoms with Crippen molar-refractivity contribution in [2.45, 2.75) is 40.5 Å². The average Bonchev–Trinajstić information content (AvgIpc) is 2.35. The third kappa shape index (κ3) is 6.08. The molecule has 2 nitrogen and oxygen atoms in total. The standard InChI is InChI=1S/C17H26BrNO/c1-12(2)16(13(3)4)11-19-17(20)9-8-14-6-5-7-15(18)10-14/h5-7,10,12-13,16H,8-9,11H2,1-4H3,(H,19,20). The molecule has 0 radical (unpaired) electrons. The number of hydrogen-bond donors (Lipinski definition) is 1. The van der Waals surface area contributed by atoms with Crippen molar-refractivity contribution in [3.63, 3.8) is 0 Å². The Morgan fingerprint density at radius 1 is 1.20 bits per heavy atom. The summed E-state index contributed by atoms with van der Waals surface area (Å²) in [5, 5.41) is 3.08. The summed E-state index contributed by atoms with van der Waals surface area (Å²) in [6, 6.07) is 8.13. The molecule has 112 valence electrons. The molecule has 0 unspecified atom stereocenters. The predicted molar refractivity (Wildman–Crippen MR) is 88.6 cm³/mol. The summed E-state index contributed by atoms with van der Waals surface area (Å²) >= 11 is 3.45. The van der Waals surface area contributed by atoms with Gasteiger partial charge in [0.2, 0.25) is 5.91 Å². The lowest BCUT2D eigenvalue weighted by Gasteiger charge is -2.25. The van der Waals surface area contributed by atoms with Crippen LogP contribution in [0.3, 0.4) is 0 Å². The van der Waals surface area contributed by atoms with Gasteiger partial charge in [-0.05, 0) is 41.9 Å². The van der Waals surface area contributed by atoms with Gasteiger partial charge in [-0.15, -0.1) is 0 Å². The largest absolute Gasteiger partial charge is 0.356 e. The summed E-state index contributed by atoms with van der Waals surface area (Å²) < 4.78 is 1.06. The minimum Gasteiger partial charge on any atom is -0.356 e. The number of nitrogens with one attached hydrogen (secondary N) is 1. The third-order valence-electron chi connectivity index (χ3n) is 3.78. The van der Waals surface area contributed by atoms with Crippen molar-refractivity contribution in [3.05, 3.63) is 34.3 Å². The molecule has 0 saturated heterocycles. The highest BCUT2D eigenvalue weighted by atomic mass is 79.9. The van der Waals surface area contributed by atoms with Crippen LogP contribution in [0, 0.1) is 17.8 Å². The van der Waals surface area contributed by atoms with E-state index in [-0.39, 0.29) is 5.91 Å². The van der Waals surface area contributed by atoms with Crippen molar-refractivity contribution < 1.29 is 4.79 Å². The van der Waals surface area contributed by atoms with Gasteiger partial charge in [0.25, 0.3) is 0 Å². The molecule has 1 amide bonds. The Bertz CT molecular complexity index is 421. The van der Waals surface area contributed by atoms with Gasteiger partial charge in [0.1, 0.15) is 0 Å². The number of hydrogen-bond acceptors (Lipinski definition) is 1. The van der Waals surface area contributed by atoms with E-state index in [0.717, 1.165) is 17.4 Å². The zero-order valence-corrected chi connectivity index (χ0v) is 14.5. The Labute approximate surface area is 131 Å². The first-order valence-corrected chi connectivity index (χ1v) is 8.20. The lowest BCUT2D eigenvalue weighted by molar-refractivity contribution is -0.121. The van der Waals surface area contributed by atoms with Crippen LogP contribution < -0.4 is 5.32 Å². The molecular formula is C17H26BrNO. The molecule has 0 fully saturated rings. The summed E-state index contributed by atoms with van der Waals surface area (Å²) in [5.74, 6) is 1.89. The van der Waals surface area contributed by atoms with E-state index in [0.29, 0.717) is 24.2 Å². The van der Waals surface area contributed by atoms with Gasteiger partial charge in [-0.3, -0.25) is 4.79 Å². The van der Waals surface area contributed by atoms with Gasteiger partial charge >= 0.3 is 0 Å². The first-order chi connectivity index (χ1) is 9.40. The number of halogens is 1. The smallest absolute Gasteiger partial charge is 0.220 e. The molecule has 20 heavy (non-hydrogen) atoms. The molecule has 0 atom stereocenters. The third-order valence-corrected chi connectivity index (χ3v) is 4.27. The second-order valence-corrected chi connectivity index (χ2v) is 7.00. The van der Waals surface area contributed by atoms with E-state index in [2.05, 4.69) is 61.1 Å². The summed E-state index contributed by atoms with van der Waals surface area (Å²) in [7, 11) is 0. The van der Waals surface area contributed by atoms with Gasteiger partial charge in [0.15, 0.2) is 0 Å². The Morgan fingerprint density at radius 2 is 1.85 bits per heavy atom. The molecule has 0 aliphatic rings. The zero-order valence-electron chi connectivity index (χ0n) is 12.9. The fraction of sp³-hybridized carbons (Fsp3) is 0.588. The molecule has 3 heteroatoms. The molecule has 1 aromatic carbocycles. The molecule has 1 rings (SSSR count). The van der Waals surface area contributed by atoms with Crippen LogP contribution in [0.15, 0.2) is 28.7 Å². The van der Waals surface area contributed by atoms with Crippen LogP contribution in [0.4, 0.5) is 0 Å². The molecule has 0 aliphatic heterocycles. The van der Waals surface area contributed by atoms with Gasteiger partial charge in [-0.1, -0.05) is 55.8 Å². The van der Waals surface area contributed by atoms with E-state index in [4.69, 9.17) is 0 Å². The fourth-order valence-corrected chi connectivity index (χ4v) is 2.96. The summed E-state index contributed by atoms with van der Waals surface area (Å²) in [6.07, 6.45) is 1.35. The maximum Gasteiger partial charge on any atom is 0.220 e. The average molecular weight is 340 g/mol. The number of aryl methyl sites for hydroxylation is 1. The molecule has 0 bridgehead atoms. The van der Waals surface area contributed by atoms with Crippen LogP contribution in [-0.2, 0) is 11.2 Å². The first-order valence-electron chi connectivity index (χ1n) is 7.41. The number of rotatable bonds is 7. The first kappa shape index (κ1) is 17.2. The summed E-state index contributed by atoms with van der Waals surface area (Å²) in [4.78, 5) is 11.9. The SMILES string of the molecule is CC(C)C(CNC(=O)CCc1cccc(Br)c1)C(C)C. The van der Waals surface area contributed by atoms with Crippen LogP contribution in [0.5, 0.6) is 0 Å². The van der Waals surface area contributed by atoms with Crippen molar-refractivity contribution in [2.75, 3.05) is 6.54 Å². The summed E-state index contributed by atoms with van der Waals surface area (Å²) in [5.41, 5.74) is 1.19. The molecule has 0 aliphatic carbocycles. The highest BCUT2D eigenvalue weighted by molar-refractivity contribution is 9.10. The van der Waals surface area contributed by atoms with E-state index < -0.39 is 0 Å². The Balaban J connectivity index is 2.37. The van der Waals surface area contributed by atoms with Crippen molar-refractivity contribution in [1.82, 2.24) is 5.32 Å². The van der Waals surface area contributed by atoms with E-state index in [1.165, 1.54) is 5.56 Å². The van der Waals surface area contributed by atoms with Crippen LogP contribution in [-0.4, -0.2) is 12.5 Å². The van der Waals surface area contributed by atoms with E-state index in [1.54, 1.807) is 0 Å². The lowest BCUT2D eigenvalue weighted by Crippen LogP contribution is -2.34. The normalized spacial score (nSPS) is 11.4. The molecule has 1 aromatic rings. The van der Waals surface area contributed by atoms with Crippen molar-refractivity contribution >= 4 is 21.8 Å². The highest BCUT2D eigenvalue weighted by Gasteiger charge is 2.17. The Hall–Kier alpha value is -0.830. The maximum absolute atomic E-state index is 11.9. The molecule has 1 N–H and O–H groups in total. The second-order valence-electron chi connectivity index (χ2n) is 6.09. The van der Waals surface area contributed by atoms with Crippen LogP contribution in [0.1, 0.15) is 39.7 Å². The quantitative estimate of drug-likeness (QED) is 0.782. The molecule has 0 saturated carbocycles. The highest BCUT2D eigenvalue weighted by Crippen LogP contribution is 2.19. The van der Waals surface area contributed by atoms with Crippen molar-refractivity contribution in [1.29, 1.82) is 0 Å². The Kier molecular flexibility index (Phi) is 7.28. The van der Waals surface area contributed by atoms with Gasteiger partial charge in [-0.2, -0.15) is 0 Å². The predicted octanol–water partition coefficient (Wildman–Crippen LogP) is 4.43. The Morgan fingerprint density at radius 3 is 2.40 bits per heavy atom. The van der Waals surface area contributed by atoms with Gasteiger partial charge in [0.05, 0.1) is 0 Å². The zero-order chi connectivity index (χ0) is 15.1. The monoisotopic (exact) mass is 339 g/mol. The van der Waals surface area contributed by atoms with Crippen LogP contribution in [0.2, 0.25) is 0 Å². The fourth-order valence-electron chi connectivity index (χ4n) is 2.51. The lowest BCUT2D eigenvalue weighted by atomic mass is 9.85. The van der Waals surface area contributed by atoms with Crippen molar-refractivity contribution in [3.8, 4) is 0 Å². The van der Waals surface area contributed by atoms with Crippen molar-refractivity contribution in [2.24, 2.45) is 17.8 Å². The topological polar surface area (TPSA) is 29.1 Å². The number of carbonyl (C=O) groups is 1. The van der Waals surface area contributed by atoms with E-state index in [9.17, 15) is 4.79 Å². The minimum atomic E-state index is 0.149. The minimum absolute atomic E-state index is 0.149. The van der Waals surface area contributed by atoms with Gasteiger partial charge < -0.3 is 5.32 Å². The van der Waals surface area contributed by atoms with E-state index >= 15 is 0 Å². The molecule has 0 heterocycles. The summed E-state index contributed by atoms with van der Waals surface area (Å²) in [6.45, 7) is 9.67.